The maximum Gasteiger partial charge on any atom is 0.282 e. The lowest BCUT2D eigenvalue weighted by Gasteiger charge is -2.45. The van der Waals surface area contributed by atoms with Crippen LogP contribution in [0.25, 0.3) is 0 Å². The summed E-state index contributed by atoms with van der Waals surface area (Å²) < 4.78 is 13.3. The first-order valence-electron chi connectivity index (χ1n) is 12.2. The lowest BCUT2D eigenvalue weighted by molar-refractivity contribution is 0.0286. The van der Waals surface area contributed by atoms with Crippen molar-refractivity contribution >= 4 is 34.4 Å². The lowest BCUT2D eigenvalue weighted by Crippen LogP contribution is -2.55. The summed E-state index contributed by atoms with van der Waals surface area (Å²) in [5, 5.41) is 2.39. The molecule has 2 aliphatic heterocycles. The number of carbonyl (C=O) groups excluding carboxylic acids is 2. The van der Waals surface area contributed by atoms with Crippen LogP contribution in [0.15, 0.2) is 54.0 Å². The quantitative estimate of drug-likeness (QED) is 0.497. The molecule has 8 heteroatoms. The van der Waals surface area contributed by atoms with Crippen molar-refractivity contribution in [3.8, 4) is 0 Å². The SMILES string of the molecule is O=C(c1ccc2c(c1)CCN2c1ccc(F)cc1)C1CC(N2CCN(C(=O)c3nccs3)CC2)C1. The van der Waals surface area contributed by atoms with E-state index in [1.54, 1.807) is 18.3 Å². The van der Waals surface area contributed by atoms with E-state index in [2.05, 4.69) is 20.9 Å². The molecule has 35 heavy (non-hydrogen) atoms. The minimum atomic E-state index is -0.237. The standard InChI is InChI=1S/C27H27FN4O2S/c28-21-2-4-22(5-3-21)32-9-7-18-15-19(1-6-24(18)32)25(33)20-16-23(17-20)30-10-12-31(13-11-30)27(34)26-29-8-14-35-26/h1-6,8,14-15,20,23H,7,9-13,16-17H2. The normalized spacial score (nSPS) is 22.1. The third-order valence-electron chi connectivity index (χ3n) is 7.61. The van der Waals surface area contributed by atoms with Crippen molar-refractivity contribution in [3.05, 3.63) is 76.0 Å². The summed E-state index contributed by atoms with van der Waals surface area (Å²) in [6, 6.07) is 13.0. The minimum absolute atomic E-state index is 0.0240. The number of Topliss-reactive ketones (excluding diaryl/α,β-unsaturated/α-hetero) is 1. The summed E-state index contributed by atoms with van der Waals surface area (Å²) in [7, 11) is 0. The Balaban J connectivity index is 1.03. The van der Waals surface area contributed by atoms with Crippen molar-refractivity contribution < 1.29 is 14.0 Å². The molecule has 1 saturated carbocycles. The van der Waals surface area contributed by atoms with Gasteiger partial charge in [0.25, 0.3) is 5.91 Å². The Morgan fingerprint density at radius 3 is 2.46 bits per heavy atom. The fraction of sp³-hybridized carbons (Fsp3) is 0.370. The van der Waals surface area contributed by atoms with Crippen LogP contribution in [0, 0.1) is 11.7 Å². The molecule has 1 aromatic heterocycles. The number of benzene rings is 2. The smallest absolute Gasteiger partial charge is 0.282 e. The minimum Gasteiger partial charge on any atom is -0.341 e. The summed E-state index contributed by atoms with van der Waals surface area (Å²) in [5.41, 5.74) is 4.05. The Hall–Kier alpha value is -3.10. The number of carbonyl (C=O) groups is 2. The van der Waals surface area contributed by atoms with E-state index in [1.807, 2.05) is 22.4 Å². The third kappa shape index (κ3) is 4.25. The number of rotatable bonds is 5. The predicted octanol–water partition coefficient (Wildman–Crippen LogP) is 4.40. The van der Waals surface area contributed by atoms with Crippen LogP contribution in [0.3, 0.4) is 0 Å². The zero-order chi connectivity index (χ0) is 23.9. The number of ketones is 1. The van der Waals surface area contributed by atoms with Gasteiger partial charge in [-0.1, -0.05) is 0 Å². The van der Waals surface area contributed by atoms with Crippen LogP contribution >= 0.6 is 11.3 Å². The van der Waals surface area contributed by atoms with Crippen LogP contribution in [-0.2, 0) is 6.42 Å². The highest BCUT2D eigenvalue weighted by Gasteiger charge is 2.39. The number of hydrogen-bond acceptors (Lipinski definition) is 6. The van der Waals surface area contributed by atoms with Crippen LogP contribution in [-0.4, -0.2) is 65.2 Å². The van der Waals surface area contributed by atoms with Crippen molar-refractivity contribution in [1.29, 1.82) is 0 Å². The summed E-state index contributed by atoms with van der Waals surface area (Å²) >= 11 is 1.39. The van der Waals surface area contributed by atoms with E-state index in [0.29, 0.717) is 24.1 Å². The molecule has 3 heterocycles. The van der Waals surface area contributed by atoms with Crippen LogP contribution < -0.4 is 4.90 Å². The molecule has 3 aromatic rings. The van der Waals surface area contributed by atoms with Crippen molar-refractivity contribution in [2.24, 2.45) is 5.92 Å². The molecule has 0 spiro atoms. The van der Waals surface area contributed by atoms with Crippen LogP contribution in [0.5, 0.6) is 0 Å². The molecular formula is C27H27FN4O2S. The van der Waals surface area contributed by atoms with Gasteiger partial charge < -0.3 is 9.80 Å². The van der Waals surface area contributed by atoms with Gasteiger partial charge in [-0.25, -0.2) is 9.37 Å². The largest absolute Gasteiger partial charge is 0.341 e. The first kappa shape index (κ1) is 22.4. The Bertz CT molecular complexity index is 1230. The molecule has 6 nitrogen and oxygen atoms in total. The predicted molar refractivity (Wildman–Crippen MR) is 134 cm³/mol. The van der Waals surface area contributed by atoms with E-state index in [-0.39, 0.29) is 23.4 Å². The Morgan fingerprint density at radius 2 is 1.74 bits per heavy atom. The van der Waals surface area contributed by atoms with Crippen molar-refractivity contribution in [1.82, 2.24) is 14.8 Å². The topological polar surface area (TPSA) is 56.8 Å². The van der Waals surface area contributed by atoms with Gasteiger partial charge in [0, 0.05) is 73.2 Å². The van der Waals surface area contributed by atoms with Crippen molar-refractivity contribution in [2.75, 3.05) is 37.6 Å². The van der Waals surface area contributed by atoms with E-state index >= 15 is 0 Å². The zero-order valence-corrected chi connectivity index (χ0v) is 20.2. The van der Waals surface area contributed by atoms with Gasteiger partial charge in [0.2, 0.25) is 0 Å². The van der Waals surface area contributed by atoms with E-state index in [9.17, 15) is 14.0 Å². The van der Waals surface area contributed by atoms with Gasteiger partial charge in [0.15, 0.2) is 10.8 Å². The molecule has 0 radical (unpaired) electrons. The molecule has 3 aliphatic rings. The number of fused-ring (bicyclic) bond motifs is 1. The van der Waals surface area contributed by atoms with Gasteiger partial charge in [-0.15, -0.1) is 11.3 Å². The van der Waals surface area contributed by atoms with Gasteiger partial charge in [0.1, 0.15) is 5.82 Å². The van der Waals surface area contributed by atoms with E-state index in [4.69, 9.17) is 0 Å². The van der Waals surface area contributed by atoms with Gasteiger partial charge in [-0.05, 0) is 67.3 Å². The van der Waals surface area contributed by atoms with Gasteiger partial charge >= 0.3 is 0 Å². The number of amides is 1. The molecule has 2 aromatic carbocycles. The molecule has 180 valence electrons. The average Bonchev–Trinajstić information content (AvgIpc) is 3.54. The highest BCUT2D eigenvalue weighted by atomic mass is 32.1. The lowest BCUT2D eigenvalue weighted by atomic mass is 9.74. The molecular weight excluding hydrogens is 463 g/mol. The fourth-order valence-corrected chi connectivity index (χ4v) is 6.14. The molecule has 0 atom stereocenters. The van der Waals surface area contributed by atoms with E-state index < -0.39 is 0 Å². The monoisotopic (exact) mass is 490 g/mol. The van der Waals surface area contributed by atoms with Crippen LogP contribution in [0.4, 0.5) is 15.8 Å². The second-order valence-electron chi connectivity index (χ2n) is 9.57. The highest BCUT2D eigenvalue weighted by molar-refractivity contribution is 7.11. The zero-order valence-electron chi connectivity index (χ0n) is 19.4. The number of piperazine rings is 1. The second kappa shape index (κ2) is 9.17. The van der Waals surface area contributed by atoms with E-state index in [1.165, 1.54) is 29.0 Å². The van der Waals surface area contributed by atoms with Gasteiger partial charge in [-0.3, -0.25) is 14.5 Å². The Morgan fingerprint density at radius 1 is 0.971 bits per heavy atom. The molecule has 0 unspecified atom stereocenters. The fourth-order valence-electron chi connectivity index (χ4n) is 5.53. The summed E-state index contributed by atoms with van der Waals surface area (Å²) in [6.45, 7) is 3.95. The maximum absolute atomic E-state index is 13.3. The first-order valence-corrected chi connectivity index (χ1v) is 13.1. The molecule has 6 rings (SSSR count). The Labute approximate surface area is 208 Å². The first-order chi connectivity index (χ1) is 17.1. The highest BCUT2D eigenvalue weighted by Crippen LogP contribution is 2.38. The number of thiazole rings is 1. The van der Waals surface area contributed by atoms with E-state index in [0.717, 1.165) is 55.8 Å². The van der Waals surface area contributed by atoms with Crippen LogP contribution in [0.2, 0.25) is 0 Å². The average molecular weight is 491 g/mol. The summed E-state index contributed by atoms with van der Waals surface area (Å²) in [6.07, 6.45) is 4.32. The molecule has 2 fully saturated rings. The number of aromatic nitrogens is 1. The van der Waals surface area contributed by atoms with Crippen molar-refractivity contribution in [2.45, 2.75) is 25.3 Å². The summed E-state index contributed by atoms with van der Waals surface area (Å²) in [4.78, 5) is 36.3. The van der Waals surface area contributed by atoms with Gasteiger partial charge in [-0.2, -0.15) is 0 Å². The number of nitrogens with zero attached hydrogens (tertiary/aromatic N) is 4. The van der Waals surface area contributed by atoms with Crippen molar-refractivity contribution in [3.63, 3.8) is 0 Å². The van der Waals surface area contributed by atoms with Gasteiger partial charge in [0.05, 0.1) is 0 Å². The summed E-state index contributed by atoms with van der Waals surface area (Å²) in [5.74, 6) is 0.0966. The Kier molecular flexibility index (Phi) is 5.86. The molecule has 1 aliphatic carbocycles. The number of anilines is 2. The third-order valence-corrected chi connectivity index (χ3v) is 8.38. The number of halogens is 1. The number of hydrogen-bond donors (Lipinski definition) is 0. The molecule has 0 N–H and O–H groups in total. The molecule has 1 saturated heterocycles. The molecule has 0 bridgehead atoms. The maximum atomic E-state index is 13.3. The molecule has 1 amide bonds. The van der Waals surface area contributed by atoms with Crippen LogP contribution in [0.1, 0.15) is 38.6 Å². The second-order valence-corrected chi connectivity index (χ2v) is 10.5.